The minimum atomic E-state index is 0.0209. The summed E-state index contributed by atoms with van der Waals surface area (Å²) in [6.07, 6.45) is 3.06. The van der Waals surface area contributed by atoms with E-state index in [1.54, 1.807) is 0 Å². The number of benzene rings is 1. The molecule has 4 heteroatoms. The summed E-state index contributed by atoms with van der Waals surface area (Å²) in [4.78, 5) is 4.64. The van der Waals surface area contributed by atoms with Gasteiger partial charge in [0.05, 0.1) is 28.5 Å². The third kappa shape index (κ3) is 2.19. The van der Waals surface area contributed by atoms with E-state index in [-0.39, 0.29) is 5.54 Å². The predicted octanol–water partition coefficient (Wildman–Crippen LogP) is 4.57. The number of aromatic nitrogens is 2. The van der Waals surface area contributed by atoms with E-state index in [0.717, 1.165) is 36.1 Å². The fourth-order valence-electron chi connectivity index (χ4n) is 3.04. The minimum Gasteiger partial charge on any atom is -0.321 e. The second-order valence-electron chi connectivity index (χ2n) is 5.10. The zero-order valence-corrected chi connectivity index (χ0v) is 13.0. The van der Waals surface area contributed by atoms with E-state index < -0.39 is 0 Å². The Morgan fingerprint density at radius 1 is 1.25 bits per heavy atom. The van der Waals surface area contributed by atoms with Crippen LogP contribution in [0.15, 0.2) is 18.2 Å². The molecule has 0 saturated heterocycles. The van der Waals surface area contributed by atoms with Crippen molar-refractivity contribution in [1.82, 2.24) is 9.55 Å². The second-order valence-corrected chi connectivity index (χ2v) is 5.36. The van der Waals surface area contributed by atoms with Crippen LogP contribution >= 0.6 is 11.6 Å². The van der Waals surface area contributed by atoms with Crippen molar-refractivity contribution in [3.8, 4) is 6.07 Å². The van der Waals surface area contributed by atoms with Crippen molar-refractivity contribution < 1.29 is 0 Å². The van der Waals surface area contributed by atoms with Crippen LogP contribution in [0.25, 0.3) is 11.0 Å². The van der Waals surface area contributed by atoms with Crippen LogP contribution in [0.1, 0.15) is 51.4 Å². The zero-order chi connectivity index (χ0) is 14.8. The first kappa shape index (κ1) is 14.9. The monoisotopic (exact) mass is 289 g/mol. The summed E-state index contributed by atoms with van der Waals surface area (Å²) in [5, 5.41) is 9.12. The third-order valence-corrected chi connectivity index (χ3v) is 4.66. The number of hydrogen-bond donors (Lipinski definition) is 0. The highest BCUT2D eigenvalue weighted by Crippen LogP contribution is 2.35. The smallest absolute Gasteiger partial charge is 0.125 e. The van der Waals surface area contributed by atoms with Gasteiger partial charge < -0.3 is 4.57 Å². The van der Waals surface area contributed by atoms with Gasteiger partial charge in [-0.15, -0.1) is 11.6 Å². The topological polar surface area (TPSA) is 41.6 Å². The standard InChI is InChI=1S/C16H20ClN3/c1-4-16(5-2,6-3)20-14-9-12(11-18)7-8-13(14)19-15(20)10-17/h7-9H,4-6,10H2,1-3H3. The summed E-state index contributed by atoms with van der Waals surface area (Å²) in [6.45, 7) is 6.60. The number of halogens is 1. The average molecular weight is 290 g/mol. The molecule has 0 N–H and O–H groups in total. The lowest BCUT2D eigenvalue weighted by Crippen LogP contribution is -2.32. The SMILES string of the molecule is CCC(CC)(CC)n1c(CCl)nc2ccc(C#N)cc21. The molecule has 20 heavy (non-hydrogen) atoms. The molecule has 0 unspecified atom stereocenters. The van der Waals surface area contributed by atoms with Gasteiger partial charge in [0.25, 0.3) is 0 Å². The highest BCUT2D eigenvalue weighted by molar-refractivity contribution is 6.16. The van der Waals surface area contributed by atoms with Gasteiger partial charge >= 0.3 is 0 Å². The molecule has 0 aliphatic carbocycles. The molecule has 3 nitrogen and oxygen atoms in total. The number of hydrogen-bond acceptors (Lipinski definition) is 2. The molecule has 106 valence electrons. The van der Waals surface area contributed by atoms with E-state index in [2.05, 4.69) is 36.4 Å². The van der Waals surface area contributed by atoms with Crippen molar-refractivity contribution in [2.75, 3.05) is 0 Å². The molecule has 0 radical (unpaired) electrons. The molecule has 0 atom stereocenters. The Hall–Kier alpha value is -1.53. The summed E-state index contributed by atoms with van der Waals surface area (Å²) in [5.41, 5.74) is 2.62. The Labute approximate surface area is 125 Å². The van der Waals surface area contributed by atoms with Gasteiger partial charge in [-0.1, -0.05) is 20.8 Å². The van der Waals surface area contributed by atoms with E-state index in [4.69, 9.17) is 16.9 Å². The average Bonchev–Trinajstić information content (AvgIpc) is 2.88. The number of nitriles is 1. The Morgan fingerprint density at radius 3 is 2.40 bits per heavy atom. The highest BCUT2D eigenvalue weighted by atomic mass is 35.5. The molecule has 1 aromatic heterocycles. The Morgan fingerprint density at radius 2 is 1.90 bits per heavy atom. The number of nitrogens with zero attached hydrogens (tertiary/aromatic N) is 3. The molecule has 0 saturated carbocycles. The van der Waals surface area contributed by atoms with Crippen molar-refractivity contribution in [3.63, 3.8) is 0 Å². The van der Waals surface area contributed by atoms with Crippen LogP contribution < -0.4 is 0 Å². The maximum atomic E-state index is 9.12. The van der Waals surface area contributed by atoms with Crippen molar-refractivity contribution in [3.05, 3.63) is 29.6 Å². The summed E-state index contributed by atoms with van der Waals surface area (Å²) < 4.78 is 2.26. The van der Waals surface area contributed by atoms with Gasteiger partial charge in [0.15, 0.2) is 0 Å². The first-order valence-electron chi connectivity index (χ1n) is 7.13. The molecular weight excluding hydrogens is 270 g/mol. The quantitative estimate of drug-likeness (QED) is 0.757. The molecular formula is C16H20ClN3. The van der Waals surface area contributed by atoms with Crippen molar-refractivity contribution in [1.29, 1.82) is 5.26 Å². The van der Waals surface area contributed by atoms with Crippen molar-refractivity contribution >= 4 is 22.6 Å². The van der Waals surface area contributed by atoms with Crippen LogP contribution in [0.4, 0.5) is 0 Å². The molecule has 0 aliphatic rings. The van der Waals surface area contributed by atoms with E-state index in [1.165, 1.54) is 0 Å². The van der Waals surface area contributed by atoms with Crippen molar-refractivity contribution in [2.24, 2.45) is 0 Å². The molecule has 2 aromatic rings. The Kier molecular flexibility index (Phi) is 4.35. The largest absolute Gasteiger partial charge is 0.321 e. The molecule has 1 heterocycles. The van der Waals surface area contributed by atoms with Gasteiger partial charge in [-0.05, 0) is 37.5 Å². The van der Waals surface area contributed by atoms with Crippen LogP contribution in [-0.4, -0.2) is 9.55 Å². The maximum Gasteiger partial charge on any atom is 0.125 e. The minimum absolute atomic E-state index is 0.0209. The van der Waals surface area contributed by atoms with E-state index in [0.29, 0.717) is 11.4 Å². The molecule has 0 fully saturated rings. The number of rotatable bonds is 5. The third-order valence-electron chi connectivity index (χ3n) is 4.42. The van der Waals surface area contributed by atoms with Gasteiger partial charge in [0, 0.05) is 5.54 Å². The Balaban J connectivity index is 2.81. The summed E-state index contributed by atoms with van der Waals surface area (Å²) in [6, 6.07) is 7.85. The van der Waals surface area contributed by atoms with E-state index in [1.807, 2.05) is 18.2 Å². The maximum absolute atomic E-state index is 9.12. The van der Waals surface area contributed by atoms with Crippen LogP contribution in [0, 0.1) is 11.3 Å². The van der Waals surface area contributed by atoms with Crippen molar-refractivity contribution in [2.45, 2.75) is 51.5 Å². The number of alkyl halides is 1. The van der Waals surface area contributed by atoms with Gasteiger partial charge in [-0.25, -0.2) is 4.98 Å². The molecule has 1 aromatic carbocycles. The lowest BCUT2D eigenvalue weighted by Gasteiger charge is -2.34. The highest BCUT2D eigenvalue weighted by Gasteiger charge is 2.30. The van der Waals surface area contributed by atoms with Gasteiger partial charge in [0.2, 0.25) is 0 Å². The van der Waals surface area contributed by atoms with Gasteiger partial charge in [0.1, 0.15) is 5.82 Å². The number of fused-ring (bicyclic) bond motifs is 1. The van der Waals surface area contributed by atoms with Crippen LogP contribution in [0.5, 0.6) is 0 Å². The van der Waals surface area contributed by atoms with E-state index >= 15 is 0 Å². The van der Waals surface area contributed by atoms with E-state index in [9.17, 15) is 0 Å². The summed E-state index contributed by atoms with van der Waals surface area (Å²) in [7, 11) is 0. The normalized spacial score (nSPS) is 11.8. The van der Waals surface area contributed by atoms with Crippen LogP contribution in [-0.2, 0) is 11.4 Å². The fraction of sp³-hybridized carbons (Fsp3) is 0.500. The molecule has 0 spiro atoms. The molecule has 0 bridgehead atoms. The summed E-state index contributed by atoms with van der Waals surface area (Å²) >= 11 is 6.11. The first-order valence-corrected chi connectivity index (χ1v) is 7.67. The summed E-state index contributed by atoms with van der Waals surface area (Å²) in [5.74, 6) is 1.28. The fourth-order valence-corrected chi connectivity index (χ4v) is 3.22. The Bertz CT molecular complexity index is 639. The van der Waals surface area contributed by atoms with Crippen LogP contribution in [0.2, 0.25) is 0 Å². The molecule has 0 aliphatic heterocycles. The first-order chi connectivity index (χ1) is 9.65. The zero-order valence-electron chi connectivity index (χ0n) is 12.3. The van der Waals surface area contributed by atoms with Gasteiger partial charge in [-0.3, -0.25) is 0 Å². The number of imidazole rings is 1. The molecule has 0 amide bonds. The second kappa shape index (κ2) is 5.85. The predicted molar refractivity (Wildman–Crippen MR) is 82.9 cm³/mol. The molecule has 2 rings (SSSR count). The lowest BCUT2D eigenvalue weighted by molar-refractivity contribution is 0.252. The lowest BCUT2D eigenvalue weighted by atomic mass is 9.89. The van der Waals surface area contributed by atoms with Crippen LogP contribution in [0.3, 0.4) is 0 Å². The van der Waals surface area contributed by atoms with Gasteiger partial charge in [-0.2, -0.15) is 5.26 Å².